The van der Waals surface area contributed by atoms with E-state index in [1.807, 2.05) is 0 Å². The van der Waals surface area contributed by atoms with Crippen molar-refractivity contribution in [1.82, 2.24) is 4.72 Å². The monoisotopic (exact) mass is 425 g/mol. The van der Waals surface area contributed by atoms with Crippen LogP contribution < -0.4 is 14.2 Å². The highest BCUT2D eigenvalue weighted by Gasteiger charge is 2.21. The van der Waals surface area contributed by atoms with Crippen molar-refractivity contribution in [3.05, 3.63) is 51.5 Å². The second-order valence-electron chi connectivity index (χ2n) is 4.99. The Labute approximate surface area is 157 Å². The second-order valence-corrected chi connectivity index (χ2v) is 7.55. The van der Waals surface area contributed by atoms with Gasteiger partial charge in [-0.15, -0.1) is 0 Å². The summed E-state index contributed by atoms with van der Waals surface area (Å²) >= 11 is 11.7. The molecule has 140 valence electrons. The van der Waals surface area contributed by atoms with Crippen molar-refractivity contribution in [3.8, 4) is 17.2 Å². The SMILES string of the molecule is COc1cc(Cl)c(Cl)cc1Oc1cc(F)c(C(=O)NS(C)(=O)=O)cc1F. The molecule has 26 heavy (non-hydrogen) atoms. The molecular formula is C15H11Cl2F2NO5S. The van der Waals surface area contributed by atoms with E-state index in [9.17, 15) is 22.0 Å². The van der Waals surface area contributed by atoms with Crippen LogP contribution in [0.3, 0.4) is 0 Å². The van der Waals surface area contributed by atoms with E-state index in [0.29, 0.717) is 18.4 Å². The van der Waals surface area contributed by atoms with Crippen molar-refractivity contribution in [2.75, 3.05) is 13.4 Å². The van der Waals surface area contributed by atoms with Crippen molar-refractivity contribution >= 4 is 39.1 Å². The fraction of sp³-hybridized carbons (Fsp3) is 0.133. The average molecular weight is 426 g/mol. The summed E-state index contributed by atoms with van der Waals surface area (Å²) in [4.78, 5) is 11.7. The first-order valence-corrected chi connectivity index (χ1v) is 9.38. The number of nitrogens with one attached hydrogen (secondary N) is 1. The van der Waals surface area contributed by atoms with Crippen molar-refractivity contribution in [2.45, 2.75) is 0 Å². The Morgan fingerprint density at radius 3 is 2.12 bits per heavy atom. The molecule has 0 fully saturated rings. The lowest BCUT2D eigenvalue weighted by Crippen LogP contribution is -2.30. The zero-order valence-electron chi connectivity index (χ0n) is 13.3. The normalized spacial score (nSPS) is 11.2. The average Bonchev–Trinajstić information content (AvgIpc) is 2.52. The van der Waals surface area contributed by atoms with Crippen LogP contribution in [0.4, 0.5) is 8.78 Å². The van der Waals surface area contributed by atoms with Crippen LogP contribution in [-0.2, 0) is 10.0 Å². The lowest BCUT2D eigenvalue weighted by Gasteiger charge is -2.13. The zero-order valence-corrected chi connectivity index (χ0v) is 15.6. The predicted molar refractivity (Wildman–Crippen MR) is 91.8 cm³/mol. The third-order valence-electron chi connectivity index (χ3n) is 2.97. The molecule has 0 unspecified atom stereocenters. The molecule has 2 aromatic carbocycles. The molecule has 0 spiro atoms. The number of amides is 1. The van der Waals surface area contributed by atoms with E-state index in [0.717, 1.165) is 0 Å². The number of benzene rings is 2. The van der Waals surface area contributed by atoms with E-state index in [-0.39, 0.29) is 21.5 Å². The molecule has 0 saturated heterocycles. The number of carbonyl (C=O) groups excluding carboxylic acids is 1. The first-order valence-electron chi connectivity index (χ1n) is 6.74. The highest BCUT2D eigenvalue weighted by Crippen LogP contribution is 2.39. The van der Waals surface area contributed by atoms with Gasteiger partial charge < -0.3 is 9.47 Å². The summed E-state index contributed by atoms with van der Waals surface area (Å²) in [5.41, 5.74) is -0.804. The van der Waals surface area contributed by atoms with Crippen molar-refractivity contribution in [2.24, 2.45) is 0 Å². The fourth-order valence-corrected chi connectivity index (χ4v) is 2.63. The zero-order chi connectivity index (χ0) is 19.6. The summed E-state index contributed by atoms with van der Waals surface area (Å²) in [6, 6.07) is 3.66. The fourth-order valence-electron chi connectivity index (χ4n) is 1.87. The molecule has 0 atom stereocenters. The molecule has 1 N–H and O–H groups in total. The molecule has 0 heterocycles. The van der Waals surface area contributed by atoms with Crippen LogP contribution in [-0.4, -0.2) is 27.7 Å². The van der Waals surface area contributed by atoms with Crippen LogP contribution in [0.5, 0.6) is 17.2 Å². The highest BCUT2D eigenvalue weighted by molar-refractivity contribution is 7.89. The maximum Gasteiger partial charge on any atom is 0.267 e. The number of rotatable bonds is 5. The van der Waals surface area contributed by atoms with E-state index >= 15 is 0 Å². The van der Waals surface area contributed by atoms with Gasteiger partial charge in [-0.05, 0) is 6.07 Å². The first kappa shape index (κ1) is 20.2. The summed E-state index contributed by atoms with van der Waals surface area (Å²) < 4.78 is 62.2. The highest BCUT2D eigenvalue weighted by atomic mass is 35.5. The van der Waals surface area contributed by atoms with Gasteiger partial charge in [0.2, 0.25) is 10.0 Å². The number of sulfonamides is 1. The quantitative estimate of drug-likeness (QED) is 0.788. The van der Waals surface area contributed by atoms with E-state index in [4.69, 9.17) is 32.7 Å². The topological polar surface area (TPSA) is 81.7 Å². The molecule has 0 radical (unpaired) electrons. The molecule has 0 bridgehead atoms. The van der Waals surface area contributed by atoms with Gasteiger partial charge in [0.1, 0.15) is 5.82 Å². The van der Waals surface area contributed by atoms with E-state index in [1.54, 1.807) is 0 Å². The molecule has 0 saturated carbocycles. The van der Waals surface area contributed by atoms with Crippen molar-refractivity contribution in [1.29, 1.82) is 0 Å². The largest absolute Gasteiger partial charge is 0.493 e. The van der Waals surface area contributed by atoms with Gasteiger partial charge in [0.15, 0.2) is 23.1 Å². The number of carbonyl (C=O) groups is 1. The number of methoxy groups -OCH3 is 1. The van der Waals surface area contributed by atoms with E-state index in [1.165, 1.54) is 24.0 Å². The molecule has 0 aliphatic rings. The molecule has 2 rings (SSSR count). The smallest absolute Gasteiger partial charge is 0.267 e. The summed E-state index contributed by atoms with van der Waals surface area (Å²) in [5.74, 6) is -4.14. The molecule has 0 aliphatic heterocycles. The van der Waals surface area contributed by atoms with Crippen molar-refractivity contribution < 1.29 is 31.5 Å². The van der Waals surface area contributed by atoms with E-state index in [2.05, 4.69) is 0 Å². The van der Waals surface area contributed by atoms with Crippen LogP contribution in [0.25, 0.3) is 0 Å². The molecular weight excluding hydrogens is 415 g/mol. The van der Waals surface area contributed by atoms with Crippen LogP contribution in [0.2, 0.25) is 10.0 Å². The van der Waals surface area contributed by atoms with Gasteiger partial charge in [-0.2, -0.15) is 0 Å². The predicted octanol–water partition coefficient (Wildman–Crippen LogP) is 3.76. The lowest BCUT2D eigenvalue weighted by atomic mass is 10.2. The summed E-state index contributed by atoms with van der Waals surface area (Å²) in [6.07, 6.45) is 0.702. The Morgan fingerprint density at radius 1 is 1.00 bits per heavy atom. The Hall–Kier alpha value is -2.10. The van der Waals surface area contributed by atoms with Gasteiger partial charge in [0.05, 0.1) is 29.0 Å². The van der Waals surface area contributed by atoms with Gasteiger partial charge in [-0.1, -0.05) is 23.2 Å². The van der Waals surface area contributed by atoms with Gasteiger partial charge in [-0.3, -0.25) is 4.79 Å². The number of ether oxygens (including phenoxy) is 2. The molecule has 0 aromatic heterocycles. The number of hydrogen-bond acceptors (Lipinski definition) is 5. The molecule has 2 aromatic rings. The Balaban J connectivity index is 2.40. The van der Waals surface area contributed by atoms with Gasteiger partial charge in [0, 0.05) is 18.2 Å². The number of halogens is 4. The maximum absolute atomic E-state index is 14.2. The van der Waals surface area contributed by atoms with Gasteiger partial charge >= 0.3 is 0 Å². The first-order chi connectivity index (χ1) is 12.0. The van der Waals surface area contributed by atoms with Crippen LogP contribution >= 0.6 is 23.2 Å². The van der Waals surface area contributed by atoms with Gasteiger partial charge in [0.25, 0.3) is 5.91 Å². The molecule has 0 aliphatic carbocycles. The molecule has 6 nitrogen and oxygen atoms in total. The third kappa shape index (κ3) is 4.75. The minimum Gasteiger partial charge on any atom is -0.493 e. The lowest BCUT2D eigenvalue weighted by molar-refractivity contribution is 0.0977. The Morgan fingerprint density at radius 2 is 1.58 bits per heavy atom. The summed E-state index contributed by atoms with van der Waals surface area (Å²) in [5, 5.41) is 0.253. The number of hydrogen-bond donors (Lipinski definition) is 1. The van der Waals surface area contributed by atoms with E-state index < -0.39 is 38.9 Å². The summed E-state index contributed by atoms with van der Waals surface area (Å²) in [7, 11) is -2.63. The third-order valence-corrected chi connectivity index (χ3v) is 4.25. The van der Waals surface area contributed by atoms with Crippen LogP contribution in [0.15, 0.2) is 24.3 Å². The Kier molecular flexibility index (Phi) is 5.94. The molecule has 11 heteroatoms. The maximum atomic E-state index is 14.2. The second kappa shape index (κ2) is 7.65. The standard InChI is InChI=1S/C15H11Cl2F2NO5S/c1-24-13-4-8(16)9(17)5-14(13)25-12-6-10(18)7(3-11(12)19)15(21)20-26(2,22)23/h3-6H,1-2H3,(H,20,21). The van der Waals surface area contributed by atoms with Crippen molar-refractivity contribution in [3.63, 3.8) is 0 Å². The minimum atomic E-state index is -3.94. The summed E-state index contributed by atoms with van der Waals surface area (Å²) in [6.45, 7) is 0. The minimum absolute atomic E-state index is 0.0477. The molecule has 1 amide bonds. The van der Waals surface area contributed by atoms with Crippen LogP contribution in [0, 0.1) is 11.6 Å². The van der Waals surface area contributed by atoms with Gasteiger partial charge in [-0.25, -0.2) is 21.9 Å². The Bertz CT molecular complexity index is 982. The van der Waals surface area contributed by atoms with Crippen LogP contribution in [0.1, 0.15) is 10.4 Å².